The van der Waals surface area contributed by atoms with Crippen LogP contribution in [-0.4, -0.2) is 28.4 Å². The van der Waals surface area contributed by atoms with E-state index in [1.54, 1.807) is 12.3 Å². The van der Waals surface area contributed by atoms with Gasteiger partial charge < -0.3 is 10.3 Å². The van der Waals surface area contributed by atoms with Crippen molar-refractivity contribution in [2.45, 2.75) is 12.8 Å². The van der Waals surface area contributed by atoms with Gasteiger partial charge in [0, 0.05) is 29.9 Å². The molecule has 1 amide bonds. The van der Waals surface area contributed by atoms with Crippen LogP contribution in [0.1, 0.15) is 18.4 Å². The normalized spacial score (nSPS) is 18.2. The second-order valence-electron chi connectivity index (χ2n) is 5.41. The first-order valence-corrected chi connectivity index (χ1v) is 7.07. The zero-order valence-electron chi connectivity index (χ0n) is 12.2. The third kappa shape index (κ3) is 3.65. The number of aromatic nitrogens is 2. The lowest BCUT2D eigenvalue weighted by Gasteiger charge is -2.02. The zero-order chi connectivity index (χ0) is 14.2. The third-order valence-electron chi connectivity index (χ3n) is 3.73. The Kier molecular flexibility index (Phi) is 5.28. The second kappa shape index (κ2) is 7.02. The van der Waals surface area contributed by atoms with Crippen molar-refractivity contribution in [2.24, 2.45) is 10.9 Å². The number of amides is 1. The number of hydrogen-bond donors (Lipinski definition) is 3. The van der Waals surface area contributed by atoms with E-state index in [4.69, 9.17) is 0 Å². The van der Waals surface area contributed by atoms with Gasteiger partial charge in [-0.3, -0.25) is 10.1 Å². The molecule has 2 aliphatic rings. The summed E-state index contributed by atoms with van der Waals surface area (Å²) in [6.07, 6.45) is 7.87. The van der Waals surface area contributed by atoms with E-state index in [1.165, 1.54) is 12.8 Å². The molecule has 0 aromatic carbocycles. The molecule has 0 saturated heterocycles. The van der Waals surface area contributed by atoms with Crippen LogP contribution in [0.25, 0.3) is 17.1 Å². The maximum Gasteiger partial charge on any atom is 0.276 e. The van der Waals surface area contributed by atoms with E-state index in [1.807, 2.05) is 18.3 Å². The molecular weight excluding hydrogens is 337 g/mol. The van der Waals surface area contributed by atoms with Crippen molar-refractivity contribution in [3.63, 3.8) is 0 Å². The first-order valence-electron chi connectivity index (χ1n) is 7.07. The number of pyridine rings is 1. The number of halogens is 2. The molecule has 3 heterocycles. The molecule has 23 heavy (non-hydrogen) atoms. The highest BCUT2D eigenvalue weighted by Crippen LogP contribution is 2.27. The molecule has 0 atom stereocenters. The smallest absolute Gasteiger partial charge is 0.276 e. The molecule has 8 heteroatoms. The minimum atomic E-state index is -0.175. The van der Waals surface area contributed by atoms with Crippen LogP contribution in [0.4, 0.5) is 0 Å². The number of nitrogens with one attached hydrogen (secondary N) is 3. The van der Waals surface area contributed by atoms with Crippen molar-refractivity contribution >= 4 is 53.8 Å². The Balaban J connectivity index is 0.000000960. The summed E-state index contributed by atoms with van der Waals surface area (Å²) < 4.78 is 0. The lowest BCUT2D eigenvalue weighted by Crippen LogP contribution is -2.37. The summed E-state index contributed by atoms with van der Waals surface area (Å²) in [6, 6.07) is 3.84. The van der Waals surface area contributed by atoms with Gasteiger partial charge in [0.05, 0.1) is 0 Å². The molecule has 1 aliphatic carbocycles. The number of rotatable bonds is 3. The summed E-state index contributed by atoms with van der Waals surface area (Å²) in [5, 5.41) is 6.91. The van der Waals surface area contributed by atoms with Crippen molar-refractivity contribution in [1.29, 1.82) is 0 Å². The first kappa shape index (κ1) is 17.3. The summed E-state index contributed by atoms with van der Waals surface area (Å²) in [7, 11) is 0. The van der Waals surface area contributed by atoms with Crippen LogP contribution in [0.5, 0.6) is 0 Å². The Morgan fingerprint density at radius 3 is 2.96 bits per heavy atom. The number of H-pyrrole nitrogens is 1. The fourth-order valence-electron chi connectivity index (χ4n) is 2.36. The molecule has 6 nitrogen and oxygen atoms in total. The highest BCUT2D eigenvalue weighted by Gasteiger charge is 2.24. The van der Waals surface area contributed by atoms with E-state index in [-0.39, 0.29) is 30.7 Å². The van der Waals surface area contributed by atoms with Crippen LogP contribution in [0.2, 0.25) is 0 Å². The van der Waals surface area contributed by atoms with Crippen LogP contribution < -0.4 is 10.6 Å². The molecule has 0 radical (unpaired) electrons. The minimum absolute atomic E-state index is 0. The third-order valence-corrected chi connectivity index (χ3v) is 3.73. The minimum Gasteiger partial charge on any atom is -0.355 e. The van der Waals surface area contributed by atoms with Gasteiger partial charge in [-0.05, 0) is 37.0 Å². The predicted molar refractivity (Wildman–Crippen MR) is 94.9 cm³/mol. The molecule has 3 N–H and O–H groups in total. The van der Waals surface area contributed by atoms with Crippen molar-refractivity contribution in [1.82, 2.24) is 20.6 Å². The van der Waals surface area contributed by atoms with Gasteiger partial charge in [0.2, 0.25) is 5.96 Å². The summed E-state index contributed by atoms with van der Waals surface area (Å²) in [4.78, 5) is 23.6. The lowest BCUT2D eigenvalue weighted by molar-refractivity contribution is -0.115. The Labute approximate surface area is 145 Å². The van der Waals surface area contributed by atoms with Gasteiger partial charge in [-0.1, -0.05) is 0 Å². The number of aliphatic imine (C=N–C) groups is 1. The SMILES string of the molecule is Cl.Cl.O=C1NC(NCC2CC2)=N/C1=C\c1c[nH]c2ncccc12. The van der Waals surface area contributed by atoms with Crippen molar-refractivity contribution in [2.75, 3.05) is 6.54 Å². The average Bonchev–Trinajstić information content (AvgIpc) is 3.15. The van der Waals surface area contributed by atoms with Gasteiger partial charge in [-0.2, -0.15) is 0 Å². The number of aromatic amines is 1. The molecule has 4 rings (SSSR count). The second-order valence-corrected chi connectivity index (χ2v) is 5.41. The summed E-state index contributed by atoms with van der Waals surface area (Å²) in [5.74, 6) is 1.11. The van der Waals surface area contributed by atoms with E-state index in [0.29, 0.717) is 11.7 Å². The van der Waals surface area contributed by atoms with Crippen LogP contribution in [0, 0.1) is 5.92 Å². The fraction of sp³-hybridized carbons (Fsp3) is 0.267. The number of hydrogen-bond acceptors (Lipinski definition) is 4. The van der Waals surface area contributed by atoms with Gasteiger partial charge >= 0.3 is 0 Å². The lowest BCUT2D eigenvalue weighted by atomic mass is 10.2. The summed E-state index contributed by atoms with van der Waals surface area (Å²) in [5.41, 5.74) is 2.13. The Morgan fingerprint density at radius 2 is 2.17 bits per heavy atom. The van der Waals surface area contributed by atoms with Gasteiger partial charge in [-0.25, -0.2) is 9.98 Å². The highest BCUT2D eigenvalue weighted by molar-refractivity contribution is 6.14. The molecule has 1 saturated carbocycles. The number of carbonyl (C=O) groups is 1. The standard InChI is InChI=1S/C15H15N5O.2ClH/c21-14-12(19-15(20-14)18-7-9-3-4-9)6-10-8-17-13-11(10)2-1-5-16-13;;/h1-2,5-6,8-9H,3-4,7H2,(H,16,17)(H2,18,19,20,21);2*1H/b12-6-;;. The number of fused-ring (bicyclic) bond motifs is 1. The van der Waals surface area contributed by atoms with Crippen LogP contribution in [-0.2, 0) is 4.79 Å². The first-order chi connectivity index (χ1) is 10.3. The number of carbonyl (C=O) groups excluding carboxylic acids is 1. The van der Waals surface area contributed by atoms with E-state index in [2.05, 4.69) is 25.6 Å². The van der Waals surface area contributed by atoms with E-state index < -0.39 is 0 Å². The van der Waals surface area contributed by atoms with Crippen LogP contribution >= 0.6 is 24.8 Å². The summed E-state index contributed by atoms with van der Waals surface area (Å²) in [6.45, 7) is 0.878. The van der Waals surface area contributed by atoms with Crippen molar-refractivity contribution in [3.8, 4) is 0 Å². The molecule has 0 spiro atoms. The Bertz CT molecular complexity index is 779. The van der Waals surface area contributed by atoms with Crippen molar-refractivity contribution in [3.05, 3.63) is 35.8 Å². The largest absolute Gasteiger partial charge is 0.355 e. The maximum absolute atomic E-state index is 11.9. The zero-order valence-corrected chi connectivity index (χ0v) is 13.8. The molecule has 2 aromatic heterocycles. The topological polar surface area (TPSA) is 82.2 Å². The van der Waals surface area contributed by atoms with Gasteiger partial charge in [0.1, 0.15) is 11.3 Å². The van der Waals surface area contributed by atoms with Gasteiger partial charge in [0.15, 0.2) is 0 Å². The maximum atomic E-state index is 11.9. The van der Waals surface area contributed by atoms with Gasteiger partial charge in [0.25, 0.3) is 5.91 Å². The molecule has 1 aliphatic heterocycles. The summed E-state index contributed by atoms with van der Waals surface area (Å²) >= 11 is 0. The molecule has 0 bridgehead atoms. The highest BCUT2D eigenvalue weighted by atomic mass is 35.5. The quantitative estimate of drug-likeness (QED) is 0.740. The van der Waals surface area contributed by atoms with Crippen LogP contribution in [0.15, 0.2) is 35.2 Å². The molecule has 2 aromatic rings. The molecule has 1 fully saturated rings. The molecule has 0 unspecified atom stereocenters. The molecule has 122 valence electrons. The predicted octanol–water partition coefficient (Wildman–Crippen LogP) is 2.23. The van der Waals surface area contributed by atoms with E-state index in [9.17, 15) is 4.79 Å². The molecular formula is C15H17Cl2N5O. The monoisotopic (exact) mass is 353 g/mol. The average molecular weight is 354 g/mol. The van der Waals surface area contributed by atoms with Crippen LogP contribution in [0.3, 0.4) is 0 Å². The number of nitrogens with zero attached hydrogens (tertiary/aromatic N) is 2. The van der Waals surface area contributed by atoms with Gasteiger partial charge in [-0.15, -0.1) is 24.8 Å². The van der Waals surface area contributed by atoms with Crippen molar-refractivity contribution < 1.29 is 4.79 Å². The number of guanidine groups is 1. The van der Waals surface area contributed by atoms with E-state index >= 15 is 0 Å². The Hall–Kier alpha value is -2.05. The Morgan fingerprint density at radius 1 is 1.35 bits per heavy atom. The fourth-order valence-corrected chi connectivity index (χ4v) is 2.36. The van der Waals surface area contributed by atoms with E-state index in [0.717, 1.165) is 29.1 Å².